The van der Waals surface area contributed by atoms with Crippen molar-refractivity contribution in [3.8, 4) is 0 Å². The molecule has 7 nitrogen and oxygen atoms in total. The Morgan fingerprint density at radius 1 is 1.50 bits per heavy atom. The van der Waals surface area contributed by atoms with Crippen molar-refractivity contribution in [2.45, 2.75) is 45.7 Å². The van der Waals surface area contributed by atoms with Gasteiger partial charge in [0.1, 0.15) is 0 Å². The number of amides is 1. The molecule has 1 aliphatic rings. The van der Waals surface area contributed by atoms with Crippen molar-refractivity contribution < 1.29 is 19.4 Å². The van der Waals surface area contributed by atoms with Gasteiger partial charge in [0, 0.05) is 18.7 Å². The van der Waals surface area contributed by atoms with E-state index < -0.39 is 5.97 Å². The molecule has 1 amide bonds. The zero-order valence-electron chi connectivity index (χ0n) is 13.3. The monoisotopic (exact) mass is 309 g/mol. The van der Waals surface area contributed by atoms with Crippen LogP contribution in [-0.2, 0) is 14.3 Å². The number of hydrogen-bond acceptors (Lipinski definition) is 4. The van der Waals surface area contributed by atoms with Crippen LogP contribution in [0.25, 0.3) is 0 Å². The highest BCUT2D eigenvalue weighted by atomic mass is 16.5. The van der Waals surface area contributed by atoms with Gasteiger partial charge in [-0.3, -0.25) is 14.3 Å². The van der Waals surface area contributed by atoms with E-state index in [-0.39, 0.29) is 31.0 Å². The molecule has 0 spiro atoms. The third kappa shape index (κ3) is 3.85. The van der Waals surface area contributed by atoms with Gasteiger partial charge < -0.3 is 14.7 Å². The van der Waals surface area contributed by atoms with Crippen LogP contribution in [0.4, 0.5) is 0 Å². The van der Waals surface area contributed by atoms with Gasteiger partial charge in [0.05, 0.1) is 37.4 Å². The lowest BCUT2D eigenvalue weighted by Gasteiger charge is -2.35. The van der Waals surface area contributed by atoms with Crippen molar-refractivity contribution in [2.24, 2.45) is 0 Å². The summed E-state index contributed by atoms with van der Waals surface area (Å²) in [6.45, 7) is 7.01. The number of aliphatic carboxylic acids is 1. The first-order valence-corrected chi connectivity index (χ1v) is 7.50. The van der Waals surface area contributed by atoms with Gasteiger partial charge in [0.15, 0.2) is 0 Å². The van der Waals surface area contributed by atoms with Crippen LogP contribution >= 0.6 is 0 Å². The smallest absolute Gasteiger partial charge is 0.305 e. The third-order valence-corrected chi connectivity index (χ3v) is 3.89. The Morgan fingerprint density at radius 3 is 2.82 bits per heavy atom. The SMILES string of the molecule is Cc1cc(C)n([C@@H](C)CC(=O)N2CCOC[C@H]2CC(=O)O)n1. The fourth-order valence-electron chi connectivity index (χ4n) is 2.90. The maximum absolute atomic E-state index is 12.5. The van der Waals surface area contributed by atoms with E-state index in [4.69, 9.17) is 9.84 Å². The predicted molar refractivity (Wildman–Crippen MR) is 79.6 cm³/mol. The molecule has 1 aromatic rings. The maximum atomic E-state index is 12.5. The lowest BCUT2D eigenvalue weighted by Crippen LogP contribution is -2.49. The minimum absolute atomic E-state index is 0.0467. The van der Waals surface area contributed by atoms with Crippen molar-refractivity contribution in [3.05, 3.63) is 17.5 Å². The summed E-state index contributed by atoms with van der Waals surface area (Å²) >= 11 is 0. The molecule has 22 heavy (non-hydrogen) atoms. The summed E-state index contributed by atoms with van der Waals surface area (Å²) in [5.74, 6) is -0.963. The normalized spacial score (nSPS) is 20.0. The standard InChI is InChI=1S/C15H23N3O4/c1-10-6-11(2)18(16-10)12(3)7-14(19)17-4-5-22-9-13(17)8-15(20)21/h6,12-13H,4-5,7-9H2,1-3H3,(H,20,21)/t12-,13+/m0/s1. The second kappa shape index (κ2) is 6.91. The Kier molecular flexibility index (Phi) is 5.18. The van der Waals surface area contributed by atoms with Crippen LogP contribution in [-0.4, -0.2) is 57.5 Å². The highest BCUT2D eigenvalue weighted by Gasteiger charge is 2.30. The molecule has 1 saturated heterocycles. The number of aryl methyl sites for hydroxylation is 2. The zero-order valence-corrected chi connectivity index (χ0v) is 13.3. The average molecular weight is 309 g/mol. The van der Waals surface area contributed by atoms with Gasteiger partial charge in [0.2, 0.25) is 5.91 Å². The molecular formula is C15H23N3O4. The van der Waals surface area contributed by atoms with Crippen LogP contribution in [0, 0.1) is 13.8 Å². The quantitative estimate of drug-likeness (QED) is 0.882. The molecule has 2 atom stereocenters. The fourth-order valence-corrected chi connectivity index (χ4v) is 2.90. The molecule has 1 aliphatic heterocycles. The van der Waals surface area contributed by atoms with Crippen molar-refractivity contribution in [2.75, 3.05) is 19.8 Å². The average Bonchev–Trinajstić information content (AvgIpc) is 2.77. The Labute approximate surface area is 129 Å². The molecule has 2 rings (SSSR count). The highest BCUT2D eigenvalue weighted by molar-refractivity contribution is 5.78. The molecule has 0 saturated carbocycles. The van der Waals surface area contributed by atoms with Gasteiger partial charge in [-0.25, -0.2) is 0 Å². The second-order valence-electron chi connectivity index (χ2n) is 5.84. The molecule has 7 heteroatoms. The van der Waals surface area contributed by atoms with Gasteiger partial charge in [0.25, 0.3) is 0 Å². The number of carboxylic acid groups (broad SMARTS) is 1. The van der Waals surface area contributed by atoms with E-state index in [0.717, 1.165) is 11.4 Å². The first kappa shape index (κ1) is 16.5. The number of morpholine rings is 1. The van der Waals surface area contributed by atoms with Crippen LogP contribution in [0.5, 0.6) is 0 Å². The number of nitrogens with zero attached hydrogens (tertiary/aromatic N) is 3. The van der Waals surface area contributed by atoms with Crippen molar-refractivity contribution in [3.63, 3.8) is 0 Å². The predicted octanol–water partition coefficient (Wildman–Crippen LogP) is 1.15. The van der Waals surface area contributed by atoms with Crippen molar-refractivity contribution in [1.29, 1.82) is 0 Å². The molecule has 1 fully saturated rings. The van der Waals surface area contributed by atoms with E-state index >= 15 is 0 Å². The van der Waals surface area contributed by atoms with E-state index in [1.54, 1.807) is 4.90 Å². The fraction of sp³-hybridized carbons (Fsp3) is 0.667. The van der Waals surface area contributed by atoms with E-state index in [2.05, 4.69) is 5.10 Å². The number of rotatable bonds is 5. The summed E-state index contributed by atoms with van der Waals surface area (Å²) < 4.78 is 7.15. The van der Waals surface area contributed by atoms with Gasteiger partial charge in [-0.05, 0) is 26.8 Å². The minimum Gasteiger partial charge on any atom is -0.481 e. The van der Waals surface area contributed by atoms with Crippen molar-refractivity contribution >= 4 is 11.9 Å². The van der Waals surface area contributed by atoms with E-state index in [0.29, 0.717) is 19.6 Å². The van der Waals surface area contributed by atoms with Crippen LogP contribution in [0.2, 0.25) is 0 Å². The first-order valence-electron chi connectivity index (χ1n) is 7.50. The largest absolute Gasteiger partial charge is 0.481 e. The molecule has 1 aromatic heterocycles. The lowest BCUT2D eigenvalue weighted by molar-refractivity contribution is -0.146. The number of hydrogen-bond donors (Lipinski definition) is 1. The molecule has 0 radical (unpaired) electrons. The maximum Gasteiger partial charge on any atom is 0.305 e. The van der Waals surface area contributed by atoms with Gasteiger partial charge in [-0.2, -0.15) is 5.10 Å². The van der Waals surface area contributed by atoms with E-state index in [9.17, 15) is 9.59 Å². The summed E-state index contributed by atoms with van der Waals surface area (Å²) in [5.41, 5.74) is 1.94. The summed E-state index contributed by atoms with van der Waals surface area (Å²) in [7, 11) is 0. The van der Waals surface area contributed by atoms with Gasteiger partial charge in [-0.1, -0.05) is 0 Å². The molecule has 1 N–H and O–H groups in total. The number of carbonyl (C=O) groups excluding carboxylic acids is 1. The van der Waals surface area contributed by atoms with Crippen molar-refractivity contribution in [1.82, 2.24) is 14.7 Å². The molecule has 0 aromatic carbocycles. The Bertz CT molecular complexity index is 555. The first-order chi connectivity index (χ1) is 10.4. The highest BCUT2D eigenvalue weighted by Crippen LogP contribution is 2.19. The van der Waals surface area contributed by atoms with Gasteiger partial charge >= 0.3 is 5.97 Å². The summed E-state index contributed by atoms with van der Waals surface area (Å²) in [6, 6.07) is 1.53. The molecule has 0 aliphatic carbocycles. The number of ether oxygens (including phenoxy) is 1. The van der Waals surface area contributed by atoms with Crippen LogP contribution in [0.3, 0.4) is 0 Å². The number of aromatic nitrogens is 2. The number of carboxylic acids is 1. The van der Waals surface area contributed by atoms with Crippen LogP contribution < -0.4 is 0 Å². The molecule has 122 valence electrons. The Balaban J connectivity index is 2.03. The summed E-state index contributed by atoms with van der Waals surface area (Å²) in [6.07, 6.45) is 0.220. The van der Waals surface area contributed by atoms with Gasteiger partial charge in [-0.15, -0.1) is 0 Å². The summed E-state index contributed by atoms with van der Waals surface area (Å²) in [5, 5.41) is 13.4. The minimum atomic E-state index is -0.917. The van der Waals surface area contributed by atoms with E-state index in [1.807, 2.05) is 31.5 Å². The number of carbonyl (C=O) groups is 2. The van der Waals surface area contributed by atoms with Crippen LogP contribution in [0.1, 0.15) is 37.2 Å². The lowest BCUT2D eigenvalue weighted by atomic mass is 10.1. The third-order valence-electron chi connectivity index (χ3n) is 3.89. The van der Waals surface area contributed by atoms with E-state index in [1.165, 1.54) is 0 Å². The second-order valence-corrected chi connectivity index (χ2v) is 5.84. The molecule has 2 heterocycles. The molecular weight excluding hydrogens is 286 g/mol. The summed E-state index contributed by atoms with van der Waals surface area (Å²) in [4.78, 5) is 25.1. The Morgan fingerprint density at radius 2 is 2.23 bits per heavy atom. The topological polar surface area (TPSA) is 84.7 Å². The zero-order chi connectivity index (χ0) is 16.3. The molecule has 0 bridgehead atoms. The van der Waals surface area contributed by atoms with Crippen LogP contribution in [0.15, 0.2) is 6.07 Å². The Hall–Kier alpha value is -1.89. The molecule has 0 unspecified atom stereocenters.